The molecule has 0 radical (unpaired) electrons. The Morgan fingerprint density at radius 2 is 1.86 bits per heavy atom. The largest absolute Gasteiger partial charge is 0.508 e. The summed E-state index contributed by atoms with van der Waals surface area (Å²) in [5, 5.41) is 10.4. The Morgan fingerprint density at radius 3 is 2.62 bits per heavy atom. The third kappa shape index (κ3) is 3.58. The van der Waals surface area contributed by atoms with Crippen molar-refractivity contribution in [3.8, 4) is 11.5 Å². The lowest BCUT2D eigenvalue weighted by Crippen LogP contribution is -2.41. The van der Waals surface area contributed by atoms with Gasteiger partial charge in [-0.3, -0.25) is 4.79 Å². The number of carbonyl (C=O) groups is 1. The van der Waals surface area contributed by atoms with E-state index >= 15 is 0 Å². The number of para-hydroxylation sites is 1. The van der Waals surface area contributed by atoms with Crippen molar-refractivity contribution < 1.29 is 14.6 Å². The Morgan fingerprint density at radius 1 is 1.07 bits per heavy atom. The number of nitrogens with one attached hydrogen (secondary N) is 2. The van der Waals surface area contributed by atoms with Crippen LogP contribution in [0.1, 0.15) is 49.9 Å². The van der Waals surface area contributed by atoms with Crippen LogP contribution in [0.5, 0.6) is 11.5 Å². The first kappa shape index (κ1) is 19.7. The van der Waals surface area contributed by atoms with E-state index in [0.29, 0.717) is 6.61 Å². The van der Waals surface area contributed by atoms with Gasteiger partial charge in [0.1, 0.15) is 17.5 Å². The van der Waals surface area contributed by atoms with Gasteiger partial charge in [-0.05, 0) is 37.1 Å². The molecular weight excluding hydrogens is 366 g/mol. The zero-order chi connectivity index (χ0) is 20.4. The maximum absolute atomic E-state index is 13.3. The van der Waals surface area contributed by atoms with Crippen molar-refractivity contribution in [1.29, 1.82) is 0 Å². The monoisotopic (exact) mass is 395 g/mol. The van der Waals surface area contributed by atoms with Crippen molar-refractivity contribution in [1.82, 2.24) is 15.8 Å². The molecule has 4 atom stereocenters. The number of fused-ring (bicyclic) bond motifs is 1. The highest BCUT2D eigenvalue weighted by atomic mass is 16.5. The van der Waals surface area contributed by atoms with Crippen molar-refractivity contribution in [3.05, 3.63) is 59.7 Å². The number of likely N-dealkylation sites (tertiary alicyclic amines) is 1. The summed E-state index contributed by atoms with van der Waals surface area (Å²) in [6.45, 7) is 5.42. The minimum Gasteiger partial charge on any atom is -0.508 e. The molecule has 0 saturated carbocycles. The molecule has 2 saturated heterocycles. The Hall–Kier alpha value is -2.57. The fourth-order valence-electron chi connectivity index (χ4n) is 4.65. The molecule has 4 rings (SSSR count). The first-order valence-electron chi connectivity index (χ1n) is 10.5. The van der Waals surface area contributed by atoms with Gasteiger partial charge < -0.3 is 14.7 Å². The Kier molecular flexibility index (Phi) is 5.74. The van der Waals surface area contributed by atoms with Gasteiger partial charge in [0.25, 0.3) is 0 Å². The number of phenolic OH excluding ortho intramolecular Hbond substituents is 1. The quantitative estimate of drug-likeness (QED) is 0.671. The maximum Gasteiger partial charge on any atom is 0.242 e. The molecule has 2 heterocycles. The number of hydrogen-bond acceptors (Lipinski definition) is 5. The molecule has 3 N–H and O–H groups in total. The standard InChI is InChI=1S/C23H29N3O3/c1-3-5-13-26-22(15-9-8-10-16(14-15)29-4-2)19-20(24-25-21(19)23(26)28)17-11-6-7-12-18(17)27/h6-12,14,19-22,24-25,27H,3-5,13H2,1-2H3. The third-order valence-corrected chi connectivity index (χ3v) is 5.95. The van der Waals surface area contributed by atoms with Crippen LogP contribution >= 0.6 is 0 Å². The van der Waals surface area contributed by atoms with Crippen molar-refractivity contribution >= 4 is 5.91 Å². The maximum atomic E-state index is 13.3. The van der Waals surface area contributed by atoms with E-state index in [2.05, 4.69) is 23.8 Å². The number of benzene rings is 2. The van der Waals surface area contributed by atoms with Gasteiger partial charge in [-0.15, -0.1) is 0 Å². The summed E-state index contributed by atoms with van der Waals surface area (Å²) in [6.07, 6.45) is 1.99. The number of amides is 1. The van der Waals surface area contributed by atoms with E-state index in [1.165, 1.54) is 0 Å². The highest BCUT2D eigenvalue weighted by molar-refractivity contribution is 5.86. The Labute approximate surface area is 171 Å². The molecule has 0 aromatic heterocycles. The highest BCUT2D eigenvalue weighted by Gasteiger charge is 2.55. The number of unbranched alkanes of at least 4 members (excludes halogenated alkanes) is 1. The summed E-state index contributed by atoms with van der Waals surface area (Å²) in [7, 11) is 0. The molecule has 4 unspecified atom stereocenters. The smallest absolute Gasteiger partial charge is 0.242 e. The second-order valence-corrected chi connectivity index (χ2v) is 7.72. The number of hydrogen-bond donors (Lipinski definition) is 3. The molecule has 0 spiro atoms. The van der Waals surface area contributed by atoms with E-state index in [0.717, 1.165) is 36.3 Å². The lowest BCUT2D eigenvalue weighted by molar-refractivity contribution is -0.130. The molecule has 154 valence electrons. The van der Waals surface area contributed by atoms with Crippen molar-refractivity contribution in [3.63, 3.8) is 0 Å². The van der Waals surface area contributed by atoms with Crippen LogP contribution in [0.25, 0.3) is 0 Å². The number of rotatable bonds is 7. The summed E-state index contributed by atoms with van der Waals surface area (Å²) >= 11 is 0. The summed E-state index contributed by atoms with van der Waals surface area (Å²) in [4.78, 5) is 15.3. The summed E-state index contributed by atoms with van der Waals surface area (Å²) < 4.78 is 5.72. The average Bonchev–Trinajstić information content (AvgIpc) is 3.26. The second-order valence-electron chi connectivity index (χ2n) is 7.72. The molecule has 2 aliphatic rings. The molecule has 6 nitrogen and oxygen atoms in total. The van der Waals surface area contributed by atoms with Gasteiger partial charge in [0.05, 0.1) is 18.7 Å². The normalized spacial score (nSPS) is 26.0. The minimum atomic E-state index is -0.322. The lowest BCUT2D eigenvalue weighted by atomic mass is 9.83. The predicted octanol–water partition coefficient (Wildman–Crippen LogP) is 3.31. The first-order chi connectivity index (χ1) is 14.2. The Balaban J connectivity index is 1.76. The van der Waals surface area contributed by atoms with E-state index in [1.54, 1.807) is 6.07 Å². The fraction of sp³-hybridized carbons (Fsp3) is 0.435. The van der Waals surface area contributed by atoms with Gasteiger partial charge in [-0.2, -0.15) is 0 Å². The summed E-state index contributed by atoms with van der Waals surface area (Å²) in [6, 6.07) is 14.8. The fourth-order valence-corrected chi connectivity index (χ4v) is 4.65. The van der Waals surface area contributed by atoms with Gasteiger partial charge >= 0.3 is 0 Å². The van der Waals surface area contributed by atoms with Gasteiger partial charge in [-0.1, -0.05) is 43.7 Å². The molecule has 2 fully saturated rings. The number of aromatic hydroxyl groups is 1. The number of nitrogens with zero attached hydrogens (tertiary/aromatic N) is 1. The molecule has 2 aromatic carbocycles. The average molecular weight is 396 g/mol. The van der Waals surface area contributed by atoms with Crippen LogP contribution in [0.4, 0.5) is 0 Å². The molecule has 2 aromatic rings. The third-order valence-electron chi connectivity index (χ3n) is 5.95. The SMILES string of the molecule is CCCCN1C(=O)C2NNC(c3ccccc3O)C2C1c1cccc(OCC)c1. The van der Waals surface area contributed by atoms with Gasteiger partial charge in [0, 0.05) is 18.0 Å². The molecular formula is C23H29N3O3. The summed E-state index contributed by atoms with van der Waals surface area (Å²) in [5.74, 6) is 1.13. The minimum absolute atomic E-state index is 0.0375. The molecule has 2 aliphatic heterocycles. The van der Waals surface area contributed by atoms with Gasteiger partial charge in [0.15, 0.2) is 0 Å². The number of phenols is 1. The zero-order valence-corrected chi connectivity index (χ0v) is 17.0. The molecule has 1 amide bonds. The zero-order valence-electron chi connectivity index (χ0n) is 17.0. The first-order valence-corrected chi connectivity index (χ1v) is 10.5. The van der Waals surface area contributed by atoms with Crippen LogP contribution in [0.2, 0.25) is 0 Å². The molecule has 0 bridgehead atoms. The van der Waals surface area contributed by atoms with Crippen molar-refractivity contribution in [2.45, 2.75) is 44.8 Å². The van der Waals surface area contributed by atoms with Crippen LogP contribution < -0.4 is 15.6 Å². The predicted molar refractivity (Wildman–Crippen MR) is 111 cm³/mol. The summed E-state index contributed by atoms with van der Waals surface area (Å²) in [5.41, 5.74) is 8.36. The van der Waals surface area contributed by atoms with E-state index in [9.17, 15) is 9.90 Å². The highest BCUT2D eigenvalue weighted by Crippen LogP contribution is 2.48. The van der Waals surface area contributed by atoms with E-state index in [-0.39, 0.29) is 35.7 Å². The van der Waals surface area contributed by atoms with Crippen molar-refractivity contribution in [2.75, 3.05) is 13.2 Å². The van der Waals surface area contributed by atoms with Crippen molar-refractivity contribution in [2.24, 2.45) is 5.92 Å². The molecule has 0 aliphatic carbocycles. The van der Waals surface area contributed by atoms with Crippen LogP contribution in [-0.2, 0) is 4.79 Å². The molecule has 6 heteroatoms. The lowest BCUT2D eigenvalue weighted by Gasteiger charge is -2.31. The van der Waals surface area contributed by atoms with E-state index < -0.39 is 0 Å². The second kappa shape index (κ2) is 8.43. The number of ether oxygens (including phenoxy) is 1. The van der Waals surface area contributed by atoms with Crippen LogP contribution in [0.3, 0.4) is 0 Å². The van der Waals surface area contributed by atoms with Crippen LogP contribution in [-0.4, -0.2) is 35.1 Å². The van der Waals surface area contributed by atoms with Crippen LogP contribution in [0.15, 0.2) is 48.5 Å². The Bertz CT molecular complexity index is 872. The van der Waals surface area contributed by atoms with E-state index in [4.69, 9.17) is 4.74 Å². The number of carbonyl (C=O) groups excluding carboxylic acids is 1. The molecule has 29 heavy (non-hydrogen) atoms. The van der Waals surface area contributed by atoms with Gasteiger partial charge in [0.2, 0.25) is 5.91 Å². The topological polar surface area (TPSA) is 73.8 Å². The van der Waals surface area contributed by atoms with Gasteiger partial charge in [-0.25, -0.2) is 10.9 Å². The number of hydrazine groups is 1. The van der Waals surface area contributed by atoms with E-state index in [1.807, 2.05) is 48.2 Å². The van der Waals surface area contributed by atoms with Crippen LogP contribution in [0, 0.1) is 5.92 Å².